The van der Waals surface area contributed by atoms with E-state index < -0.39 is 6.04 Å². The number of carbonyl (C=O) groups excluding carboxylic acids is 1. The summed E-state index contributed by atoms with van der Waals surface area (Å²) in [7, 11) is 5.58. The minimum atomic E-state index is -0.561. The molecule has 0 aromatic heterocycles. The van der Waals surface area contributed by atoms with Crippen LogP contribution in [0.15, 0.2) is 48.5 Å². The van der Waals surface area contributed by atoms with E-state index in [0.29, 0.717) is 6.61 Å². The Bertz CT molecular complexity index is 651. The first-order valence-corrected chi connectivity index (χ1v) is 7.89. The normalized spacial score (nSPS) is 11.5. The molecule has 5 nitrogen and oxygen atoms in total. The van der Waals surface area contributed by atoms with Gasteiger partial charge < -0.3 is 19.7 Å². The largest absolute Gasteiger partial charge is 0.497 e. The predicted molar refractivity (Wildman–Crippen MR) is 96.8 cm³/mol. The topological polar surface area (TPSA) is 50.8 Å². The van der Waals surface area contributed by atoms with Crippen molar-refractivity contribution in [3.63, 3.8) is 0 Å². The van der Waals surface area contributed by atoms with Gasteiger partial charge in [-0.05, 0) is 48.9 Å². The SMILES string of the molecule is CCOC(=O)C(Nc1ccc(OC)cc1)c1ccc(N(C)C)cc1. The molecule has 0 radical (unpaired) electrons. The Morgan fingerprint density at radius 2 is 1.71 bits per heavy atom. The minimum absolute atomic E-state index is 0.300. The molecule has 24 heavy (non-hydrogen) atoms. The zero-order valence-corrected chi connectivity index (χ0v) is 14.6. The molecule has 0 aliphatic heterocycles. The molecule has 0 aliphatic rings. The number of esters is 1. The van der Waals surface area contributed by atoms with Crippen LogP contribution < -0.4 is 15.0 Å². The highest BCUT2D eigenvalue weighted by molar-refractivity contribution is 5.81. The molecule has 0 fully saturated rings. The lowest BCUT2D eigenvalue weighted by molar-refractivity contribution is -0.144. The molecule has 0 saturated heterocycles. The molecule has 1 unspecified atom stereocenters. The van der Waals surface area contributed by atoms with Gasteiger partial charge in [0, 0.05) is 25.5 Å². The van der Waals surface area contributed by atoms with Crippen LogP contribution in [0.3, 0.4) is 0 Å². The van der Waals surface area contributed by atoms with Gasteiger partial charge in [-0.2, -0.15) is 0 Å². The highest BCUT2D eigenvalue weighted by Crippen LogP contribution is 2.24. The molecule has 0 amide bonds. The van der Waals surface area contributed by atoms with Gasteiger partial charge in [0.05, 0.1) is 13.7 Å². The van der Waals surface area contributed by atoms with Gasteiger partial charge in [-0.3, -0.25) is 0 Å². The summed E-state index contributed by atoms with van der Waals surface area (Å²) in [5.74, 6) is 0.467. The van der Waals surface area contributed by atoms with Crippen molar-refractivity contribution < 1.29 is 14.3 Å². The van der Waals surface area contributed by atoms with Crippen LogP contribution in [0.4, 0.5) is 11.4 Å². The molecule has 0 aliphatic carbocycles. The van der Waals surface area contributed by atoms with Gasteiger partial charge in [-0.1, -0.05) is 12.1 Å². The summed E-state index contributed by atoms with van der Waals surface area (Å²) in [6.45, 7) is 2.15. The van der Waals surface area contributed by atoms with Gasteiger partial charge in [0.2, 0.25) is 0 Å². The van der Waals surface area contributed by atoms with E-state index in [2.05, 4.69) is 5.32 Å². The number of nitrogens with one attached hydrogen (secondary N) is 1. The molecule has 2 rings (SSSR count). The Hall–Kier alpha value is -2.69. The van der Waals surface area contributed by atoms with E-state index >= 15 is 0 Å². The molecular weight excluding hydrogens is 304 g/mol. The summed E-state index contributed by atoms with van der Waals surface area (Å²) in [5.41, 5.74) is 2.76. The number of anilines is 2. The van der Waals surface area contributed by atoms with Crippen molar-refractivity contribution in [2.75, 3.05) is 38.0 Å². The standard InChI is InChI=1S/C19H24N2O3/c1-5-24-19(22)18(14-6-10-16(11-7-14)21(2)3)20-15-8-12-17(23-4)13-9-15/h6-13,18,20H,5H2,1-4H3. The fourth-order valence-electron chi connectivity index (χ4n) is 2.32. The van der Waals surface area contributed by atoms with E-state index in [4.69, 9.17) is 9.47 Å². The zero-order valence-electron chi connectivity index (χ0n) is 14.6. The summed E-state index contributed by atoms with van der Waals surface area (Å²) < 4.78 is 10.4. The average Bonchev–Trinajstić information content (AvgIpc) is 2.60. The zero-order chi connectivity index (χ0) is 17.5. The first kappa shape index (κ1) is 17.7. The smallest absolute Gasteiger partial charge is 0.333 e. The lowest BCUT2D eigenvalue weighted by atomic mass is 10.1. The molecule has 1 atom stereocenters. The van der Waals surface area contributed by atoms with E-state index in [9.17, 15) is 4.79 Å². The Balaban J connectivity index is 2.24. The van der Waals surface area contributed by atoms with Crippen molar-refractivity contribution in [3.05, 3.63) is 54.1 Å². The van der Waals surface area contributed by atoms with Crippen LogP contribution in [0, 0.1) is 0 Å². The van der Waals surface area contributed by atoms with Crippen LogP contribution in [0.25, 0.3) is 0 Å². The molecule has 0 spiro atoms. The molecule has 0 heterocycles. The third kappa shape index (κ3) is 4.41. The van der Waals surface area contributed by atoms with Crippen molar-refractivity contribution >= 4 is 17.3 Å². The highest BCUT2D eigenvalue weighted by atomic mass is 16.5. The van der Waals surface area contributed by atoms with Gasteiger partial charge in [0.1, 0.15) is 5.75 Å². The number of carbonyl (C=O) groups is 1. The quantitative estimate of drug-likeness (QED) is 0.789. The average molecular weight is 328 g/mol. The summed E-state index contributed by atoms with van der Waals surface area (Å²) >= 11 is 0. The van der Waals surface area contributed by atoms with Crippen LogP contribution in [0.5, 0.6) is 5.75 Å². The Morgan fingerprint density at radius 1 is 1.08 bits per heavy atom. The lowest BCUT2D eigenvalue weighted by Crippen LogP contribution is -2.23. The van der Waals surface area contributed by atoms with Crippen molar-refractivity contribution in [3.8, 4) is 5.75 Å². The Kier molecular flexibility index (Phi) is 6.07. The number of ether oxygens (including phenoxy) is 2. The maximum absolute atomic E-state index is 12.4. The van der Waals surface area contributed by atoms with Crippen LogP contribution in [-0.2, 0) is 9.53 Å². The van der Waals surface area contributed by atoms with E-state index in [0.717, 1.165) is 22.7 Å². The van der Waals surface area contributed by atoms with Crippen LogP contribution in [0.2, 0.25) is 0 Å². The van der Waals surface area contributed by atoms with E-state index in [-0.39, 0.29) is 5.97 Å². The Labute approximate surface area is 143 Å². The molecule has 0 saturated carbocycles. The van der Waals surface area contributed by atoms with Gasteiger partial charge in [0.15, 0.2) is 6.04 Å². The second-order valence-corrected chi connectivity index (χ2v) is 5.54. The Morgan fingerprint density at radius 3 is 2.21 bits per heavy atom. The number of hydrogen-bond acceptors (Lipinski definition) is 5. The summed E-state index contributed by atoms with van der Waals surface area (Å²) in [6, 6.07) is 14.7. The third-order valence-electron chi connectivity index (χ3n) is 3.67. The monoisotopic (exact) mass is 328 g/mol. The molecule has 2 aromatic carbocycles. The fourth-order valence-corrected chi connectivity index (χ4v) is 2.32. The first-order chi connectivity index (χ1) is 11.5. The first-order valence-electron chi connectivity index (χ1n) is 7.89. The molecule has 0 bridgehead atoms. The molecule has 128 valence electrons. The van der Waals surface area contributed by atoms with Gasteiger partial charge in [0.25, 0.3) is 0 Å². The maximum Gasteiger partial charge on any atom is 0.333 e. The second kappa shape index (κ2) is 8.24. The molecule has 2 aromatic rings. The van der Waals surface area contributed by atoms with E-state index in [1.807, 2.05) is 67.5 Å². The highest BCUT2D eigenvalue weighted by Gasteiger charge is 2.22. The van der Waals surface area contributed by atoms with E-state index in [1.165, 1.54) is 0 Å². The van der Waals surface area contributed by atoms with Crippen LogP contribution >= 0.6 is 0 Å². The van der Waals surface area contributed by atoms with Gasteiger partial charge in [-0.15, -0.1) is 0 Å². The van der Waals surface area contributed by atoms with Gasteiger partial charge >= 0.3 is 5.97 Å². The minimum Gasteiger partial charge on any atom is -0.497 e. The second-order valence-electron chi connectivity index (χ2n) is 5.54. The van der Waals surface area contributed by atoms with Crippen LogP contribution in [-0.4, -0.2) is 33.8 Å². The number of benzene rings is 2. The lowest BCUT2D eigenvalue weighted by Gasteiger charge is -2.20. The van der Waals surface area contributed by atoms with E-state index in [1.54, 1.807) is 14.0 Å². The van der Waals surface area contributed by atoms with Crippen molar-refractivity contribution in [1.29, 1.82) is 0 Å². The molecule has 1 N–H and O–H groups in total. The fraction of sp³-hybridized carbons (Fsp3) is 0.316. The number of nitrogens with zero attached hydrogens (tertiary/aromatic N) is 1. The van der Waals surface area contributed by atoms with Crippen molar-refractivity contribution in [2.45, 2.75) is 13.0 Å². The summed E-state index contributed by atoms with van der Waals surface area (Å²) in [6.07, 6.45) is 0. The van der Waals surface area contributed by atoms with Crippen molar-refractivity contribution in [1.82, 2.24) is 0 Å². The van der Waals surface area contributed by atoms with Gasteiger partial charge in [-0.25, -0.2) is 4.79 Å². The number of hydrogen-bond donors (Lipinski definition) is 1. The molecule has 5 heteroatoms. The predicted octanol–water partition coefficient (Wildman–Crippen LogP) is 3.48. The molecular formula is C19H24N2O3. The number of rotatable bonds is 7. The summed E-state index contributed by atoms with van der Waals surface area (Å²) in [4.78, 5) is 14.4. The number of methoxy groups -OCH3 is 1. The van der Waals surface area contributed by atoms with Crippen LogP contribution in [0.1, 0.15) is 18.5 Å². The maximum atomic E-state index is 12.4. The summed E-state index contributed by atoms with van der Waals surface area (Å²) in [5, 5.41) is 3.24. The van der Waals surface area contributed by atoms with Crippen molar-refractivity contribution in [2.24, 2.45) is 0 Å². The third-order valence-corrected chi connectivity index (χ3v) is 3.67.